The second-order valence-corrected chi connectivity index (χ2v) is 6.59. The summed E-state index contributed by atoms with van der Waals surface area (Å²) in [5.74, 6) is 0.108. The highest BCUT2D eigenvalue weighted by atomic mass is 16.5. The molecule has 1 fully saturated rings. The normalized spacial score (nSPS) is 21.7. The Morgan fingerprint density at radius 1 is 1.57 bits per heavy atom. The van der Waals surface area contributed by atoms with Gasteiger partial charge in [-0.05, 0) is 19.3 Å². The molecule has 0 bridgehead atoms. The van der Waals surface area contributed by atoms with Crippen molar-refractivity contribution >= 4 is 11.8 Å². The highest BCUT2D eigenvalue weighted by Gasteiger charge is 2.36. The lowest BCUT2D eigenvalue weighted by atomic mass is 9.90. The van der Waals surface area contributed by atoms with E-state index in [-0.39, 0.29) is 24.2 Å². The standard InChI is InChI=1S/C15H29N3O3/c1-11(2)8-15(3,10-16)17-14(20)12-7-13(19)18(9-12)5-6-21-4/h11-12H,5-10,16H2,1-4H3,(H,17,20). The van der Waals surface area contributed by atoms with Crippen LogP contribution in [0.1, 0.15) is 33.6 Å². The molecular formula is C15H29N3O3. The maximum Gasteiger partial charge on any atom is 0.225 e. The Kier molecular flexibility index (Phi) is 6.61. The Bertz CT molecular complexity index is 373. The van der Waals surface area contributed by atoms with Crippen molar-refractivity contribution in [3.8, 4) is 0 Å². The van der Waals surface area contributed by atoms with E-state index < -0.39 is 5.54 Å². The molecule has 21 heavy (non-hydrogen) atoms. The summed E-state index contributed by atoms with van der Waals surface area (Å²) in [4.78, 5) is 26.0. The first-order chi connectivity index (χ1) is 9.81. The number of amides is 2. The van der Waals surface area contributed by atoms with Gasteiger partial charge in [0.1, 0.15) is 0 Å². The maximum atomic E-state index is 12.4. The number of carbonyl (C=O) groups excluding carboxylic acids is 2. The van der Waals surface area contributed by atoms with Gasteiger partial charge in [0.2, 0.25) is 11.8 Å². The number of nitrogens with zero attached hydrogens (tertiary/aromatic N) is 1. The number of methoxy groups -OCH3 is 1. The van der Waals surface area contributed by atoms with E-state index in [1.807, 2.05) is 6.92 Å². The van der Waals surface area contributed by atoms with E-state index in [1.165, 1.54) is 0 Å². The summed E-state index contributed by atoms with van der Waals surface area (Å²) >= 11 is 0. The minimum absolute atomic E-state index is 0.0190. The van der Waals surface area contributed by atoms with Gasteiger partial charge in [-0.25, -0.2) is 0 Å². The Morgan fingerprint density at radius 3 is 2.76 bits per heavy atom. The topological polar surface area (TPSA) is 84.7 Å². The molecule has 2 unspecified atom stereocenters. The van der Waals surface area contributed by atoms with Crippen molar-refractivity contribution in [2.75, 3.05) is 33.4 Å². The Morgan fingerprint density at radius 2 is 2.24 bits per heavy atom. The number of ether oxygens (including phenoxy) is 1. The van der Waals surface area contributed by atoms with E-state index in [0.29, 0.717) is 32.2 Å². The van der Waals surface area contributed by atoms with Crippen LogP contribution in [0.15, 0.2) is 0 Å². The van der Waals surface area contributed by atoms with Gasteiger partial charge in [0.25, 0.3) is 0 Å². The third-order valence-electron chi connectivity index (χ3n) is 3.88. The van der Waals surface area contributed by atoms with E-state index in [9.17, 15) is 9.59 Å². The Labute approximate surface area is 127 Å². The molecule has 3 N–H and O–H groups in total. The molecule has 1 saturated heterocycles. The predicted molar refractivity (Wildman–Crippen MR) is 81.6 cm³/mol. The third-order valence-corrected chi connectivity index (χ3v) is 3.88. The molecule has 122 valence electrons. The molecule has 1 aliphatic heterocycles. The molecule has 0 radical (unpaired) electrons. The van der Waals surface area contributed by atoms with Crippen LogP contribution in [0.25, 0.3) is 0 Å². The minimum Gasteiger partial charge on any atom is -0.383 e. The molecular weight excluding hydrogens is 270 g/mol. The third kappa shape index (κ3) is 5.28. The second-order valence-electron chi connectivity index (χ2n) is 6.59. The zero-order valence-electron chi connectivity index (χ0n) is 13.6. The molecule has 2 atom stereocenters. The van der Waals surface area contributed by atoms with Crippen LogP contribution in [-0.4, -0.2) is 55.6 Å². The molecule has 1 rings (SSSR count). The van der Waals surface area contributed by atoms with Crippen molar-refractivity contribution in [3.05, 3.63) is 0 Å². The van der Waals surface area contributed by atoms with Crippen LogP contribution >= 0.6 is 0 Å². The fourth-order valence-electron chi connectivity index (χ4n) is 2.85. The predicted octanol–water partition coefficient (Wildman–Crippen LogP) is 0.361. The first kappa shape index (κ1) is 17.9. The lowest BCUT2D eigenvalue weighted by Gasteiger charge is -2.32. The smallest absolute Gasteiger partial charge is 0.225 e. The fourth-order valence-corrected chi connectivity index (χ4v) is 2.85. The van der Waals surface area contributed by atoms with Crippen LogP contribution < -0.4 is 11.1 Å². The molecule has 0 spiro atoms. The molecule has 6 nitrogen and oxygen atoms in total. The fraction of sp³-hybridized carbons (Fsp3) is 0.867. The number of nitrogens with one attached hydrogen (secondary N) is 1. The summed E-state index contributed by atoms with van der Waals surface area (Å²) in [6.45, 7) is 8.07. The van der Waals surface area contributed by atoms with Crippen molar-refractivity contribution in [2.45, 2.75) is 39.2 Å². The summed E-state index contributed by atoms with van der Waals surface area (Å²) in [6, 6.07) is 0. The first-order valence-corrected chi connectivity index (χ1v) is 7.60. The quantitative estimate of drug-likeness (QED) is 0.678. The zero-order chi connectivity index (χ0) is 16.0. The summed E-state index contributed by atoms with van der Waals surface area (Å²) < 4.78 is 4.98. The van der Waals surface area contributed by atoms with Gasteiger partial charge < -0.3 is 20.7 Å². The van der Waals surface area contributed by atoms with Gasteiger partial charge in [-0.3, -0.25) is 9.59 Å². The molecule has 0 aromatic carbocycles. The number of nitrogens with two attached hydrogens (primary N) is 1. The number of hydrogen-bond donors (Lipinski definition) is 2. The largest absolute Gasteiger partial charge is 0.383 e. The Hall–Kier alpha value is -1.14. The highest BCUT2D eigenvalue weighted by Crippen LogP contribution is 2.21. The monoisotopic (exact) mass is 299 g/mol. The average molecular weight is 299 g/mol. The van der Waals surface area contributed by atoms with Gasteiger partial charge >= 0.3 is 0 Å². The average Bonchev–Trinajstić information content (AvgIpc) is 2.77. The van der Waals surface area contributed by atoms with Gasteiger partial charge in [-0.2, -0.15) is 0 Å². The van der Waals surface area contributed by atoms with Crippen molar-refractivity contribution in [1.29, 1.82) is 0 Å². The summed E-state index contributed by atoms with van der Waals surface area (Å²) in [6.07, 6.45) is 1.10. The number of rotatable bonds is 8. The van der Waals surface area contributed by atoms with Crippen LogP contribution in [-0.2, 0) is 14.3 Å². The van der Waals surface area contributed by atoms with Crippen molar-refractivity contribution in [3.63, 3.8) is 0 Å². The molecule has 1 heterocycles. The molecule has 2 amide bonds. The van der Waals surface area contributed by atoms with Crippen LogP contribution in [0, 0.1) is 11.8 Å². The molecule has 6 heteroatoms. The van der Waals surface area contributed by atoms with Crippen LogP contribution in [0.2, 0.25) is 0 Å². The molecule has 0 saturated carbocycles. The second kappa shape index (κ2) is 7.75. The number of carbonyl (C=O) groups is 2. The lowest BCUT2D eigenvalue weighted by molar-refractivity contribution is -0.129. The number of likely N-dealkylation sites (tertiary alicyclic amines) is 1. The van der Waals surface area contributed by atoms with E-state index >= 15 is 0 Å². The summed E-state index contributed by atoms with van der Waals surface area (Å²) in [5.41, 5.74) is 5.41. The Balaban J connectivity index is 2.58. The van der Waals surface area contributed by atoms with E-state index in [0.717, 1.165) is 6.42 Å². The first-order valence-electron chi connectivity index (χ1n) is 7.60. The SMILES string of the molecule is COCCN1CC(C(=O)NC(C)(CN)CC(C)C)CC1=O. The van der Waals surface area contributed by atoms with E-state index in [1.54, 1.807) is 12.0 Å². The highest BCUT2D eigenvalue weighted by molar-refractivity contribution is 5.89. The lowest BCUT2D eigenvalue weighted by Crippen LogP contribution is -2.54. The zero-order valence-corrected chi connectivity index (χ0v) is 13.6. The van der Waals surface area contributed by atoms with Gasteiger partial charge in [-0.1, -0.05) is 13.8 Å². The number of hydrogen-bond acceptors (Lipinski definition) is 4. The van der Waals surface area contributed by atoms with E-state index in [4.69, 9.17) is 10.5 Å². The summed E-state index contributed by atoms with van der Waals surface area (Å²) in [5, 5.41) is 3.04. The van der Waals surface area contributed by atoms with Crippen molar-refractivity contribution in [2.24, 2.45) is 17.6 Å². The molecule has 0 aliphatic carbocycles. The van der Waals surface area contributed by atoms with Gasteiger partial charge in [0, 0.05) is 38.7 Å². The molecule has 0 aromatic rings. The minimum atomic E-state index is -0.408. The van der Waals surface area contributed by atoms with Crippen LogP contribution in [0.5, 0.6) is 0 Å². The van der Waals surface area contributed by atoms with Crippen molar-refractivity contribution in [1.82, 2.24) is 10.2 Å². The molecule has 0 aromatic heterocycles. The van der Waals surface area contributed by atoms with Crippen LogP contribution in [0.3, 0.4) is 0 Å². The summed E-state index contributed by atoms with van der Waals surface area (Å²) in [7, 11) is 1.60. The van der Waals surface area contributed by atoms with Gasteiger partial charge in [-0.15, -0.1) is 0 Å². The van der Waals surface area contributed by atoms with Crippen molar-refractivity contribution < 1.29 is 14.3 Å². The maximum absolute atomic E-state index is 12.4. The van der Waals surface area contributed by atoms with Crippen LogP contribution in [0.4, 0.5) is 0 Å². The molecule has 1 aliphatic rings. The van der Waals surface area contributed by atoms with E-state index in [2.05, 4.69) is 19.2 Å². The van der Waals surface area contributed by atoms with Gasteiger partial charge in [0.15, 0.2) is 0 Å². The van der Waals surface area contributed by atoms with Gasteiger partial charge in [0.05, 0.1) is 12.5 Å².